The van der Waals surface area contributed by atoms with Gasteiger partial charge < -0.3 is 38.5 Å². The third-order valence-corrected chi connectivity index (χ3v) is 3.88. The molecule has 1 aliphatic heterocycles. The molecule has 5 nitrogen and oxygen atoms in total. The van der Waals surface area contributed by atoms with Gasteiger partial charge >= 0.3 is 0 Å². The van der Waals surface area contributed by atoms with Crippen molar-refractivity contribution in [3.8, 4) is 5.06 Å². The number of thiophene rings is 1. The lowest BCUT2D eigenvalue weighted by molar-refractivity contribution is -0.872. The summed E-state index contributed by atoms with van der Waals surface area (Å²) in [6.45, 7) is 2.73. The van der Waals surface area contributed by atoms with Crippen LogP contribution in [0.25, 0.3) is 0 Å². The van der Waals surface area contributed by atoms with Gasteiger partial charge in [0.15, 0.2) is 17.5 Å². The number of nitrogens with one attached hydrogen (secondary N) is 1. The molecular formula is C13H19IN2O3S. The highest BCUT2D eigenvalue weighted by Crippen LogP contribution is 2.38. The molecular weight excluding hydrogens is 391 g/mol. The molecule has 1 atom stereocenters. The van der Waals surface area contributed by atoms with Crippen molar-refractivity contribution in [3.05, 3.63) is 10.9 Å². The molecule has 0 bridgehead atoms. The summed E-state index contributed by atoms with van der Waals surface area (Å²) >= 11 is 1.31. The zero-order valence-electron chi connectivity index (χ0n) is 12.0. The monoisotopic (exact) mass is 410 g/mol. The van der Waals surface area contributed by atoms with Crippen LogP contribution in [0.2, 0.25) is 0 Å². The fraction of sp³-hybridized carbons (Fsp3) is 0.538. The smallest absolute Gasteiger partial charge is 0.262 e. The fourth-order valence-corrected chi connectivity index (χ4v) is 3.17. The van der Waals surface area contributed by atoms with E-state index in [2.05, 4.69) is 26.5 Å². The first kappa shape index (κ1) is 17.4. The molecule has 1 amide bonds. The number of amides is 1. The summed E-state index contributed by atoms with van der Waals surface area (Å²) in [6.07, 6.45) is 0. The zero-order valence-corrected chi connectivity index (χ0v) is 15.0. The first-order valence-electron chi connectivity index (χ1n) is 6.17. The van der Waals surface area contributed by atoms with Crippen LogP contribution in [-0.2, 0) is 4.79 Å². The molecule has 1 aliphatic rings. The molecule has 2 heterocycles. The summed E-state index contributed by atoms with van der Waals surface area (Å²) in [7, 11) is 6.19. The van der Waals surface area contributed by atoms with Gasteiger partial charge in [0.25, 0.3) is 5.91 Å². The molecule has 7 heteroatoms. The number of carbonyl (C=O) groups excluding carboxylic acids is 2. The Labute approximate surface area is 139 Å². The standard InChI is InChI=1S/C13H18N2O3S.HI/c1-8(6-15(2,3)4)12(17)10-5-9-13(19-10)18-7-11(16)14-9;/h5,8H,6-7H2,1-4H3;1H. The van der Waals surface area contributed by atoms with Crippen LogP contribution in [0.15, 0.2) is 6.07 Å². The number of ether oxygens (including phenoxy) is 1. The topological polar surface area (TPSA) is 55.4 Å². The molecule has 0 spiro atoms. The maximum atomic E-state index is 12.4. The number of anilines is 1. The van der Waals surface area contributed by atoms with Crippen molar-refractivity contribution in [1.82, 2.24) is 0 Å². The maximum Gasteiger partial charge on any atom is 0.262 e. The number of hydrogen-bond acceptors (Lipinski definition) is 4. The molecule has 20 heavy (non-hydrogen) atoms. The van der Waals surface area contributed by atoms with Crippen molar-refractivity contribution in [2.75, 3.05) is 39.6 Å². The highest BCUT2D eigenvalue weighted by atomic mass is 127. The van der Waals surface area contributed by atoms with Crippen LogP contribution in [0.1, 0.15) is 16.6 Å². The Balaban J connectivity index is 0.00000200. The van der Waals surface area contributed by atoms with Crippen LogP contribution < -0.4 is 34.0 Å². The van der Waals surface area contributed by atoms with Gasteiger partial charge in [0.05, 0.1) is 44.2 Å². The summed E-state index contributed by atoms with van der Waals surface area (Å²) in [4.78, 5) is 24.2. The van der Waals surface area contributed by atoms with Gasteiger partial charge in [-0.05, 0) is 13.0 Å². The molecule has 1 aromatic heterocycles. The number of fused-ring (bicyclic) bond motifs is 1. The number of rotatable bonds is 4. The van der Waals surface area contributed by atoms with E-state index in [9.17, 15) is 9.59 Å². The van der Waals surface area contributed by atoms with Gasteiger partial charge in [-0.25, -0.2) is 0 Å². The zero-order chi connectivity index (χ0) is 14.2. The van der Waals surface area contributed by atoms with Crippen molar-refractivity contribution < 1.29 is 42.8 Å². The third-order valence-electron chi connectivity index (χ3n) is 2.82. The van der Waals surface area contributed by atoms with Gasteiger partial charge in [-0.2, -0.15) is 0 Å². The van der Waals surface area contributed by atoms with Crippen LogP contribution >= 0.6 is 11.3 Å². The quantitative estimate of drug-likeness (QED) is 0.378. The van der Waals surface area contributed by atoms with Crippen molar-refractivity contribution in [2.45, 2.75) is 6.92 Å². The van der Waals surface area contributed by atoms with Crippen LogP contribution in [0.3, 0.4) is 0 Å². The Hall–Kier alpha value is -0.670. The lowest BCUT2D eigenvalue weighted by Gasteiger charge is -2.26. The minimum absolute atomic E-state index is 0. The van der Waals surface area contributed by atoms with Crippen molar-refractivity contribution >= 4 is 28.7 Å². The molecule has 1 aromatic rings. The fourth-order valence-electron chi connectivity index (χ4n) is 2.15. The average molecular weight is 410 g/mol. The van der Waals surface area contributed by atoms with E-state index >= 15 is 0 Å². The van der Waals surface area contributed by atoms with Crippen LogP contribution in [0.4, 0.5) is 5.69 Å². The van der Waals surface area contributed by atoms with E-state index in [0.717, 1.165) is 11.0 Å². The van der Waals surface area contributed by atoms with E-state index in [1.807, 2.05) is 6.92 Å². The Bertz CT molecular complexity index is 522. The highest BCUT2D eigenvalue weighted by molar-refractivity contribution is 7.16. The highest BCUT2D eigenvalue weighted by Gasteiger charge is 2.27. The predicted octanol–water partition coefficient (Wildman–Crippen LogP) is -1.39. The van der Waals surface area contributed by atoms with E-state index < -0.39 is 0 Å². The summed E-state index contributed by atoms with van der Waals surface area (Å²) in [6, 6.07) is 1.71. The van der Waals surface area contributed by atoms with Crippen molar-refractivity contribution in [3.63, 3.8) is 0 Å². The van der Waals surface area contributed by atoms with E-state index in [4.69, 9.17) is 4.74 Å². The van der Waals surface area contributed by atoms with E-state index in [0.29, 0.717) is 15.6 Å². The van der Waals surface area contributed by atoms with Crippen LogP contribution in [0, 0.1) is 5.92 Å². The Morgan fingerprint density at radius 3 is 2.75 bits per heavy atom. The molecule has 1 unspecified atom stereocenters. The average Bonchev–Trinajstić information content (AvgIpc) is 2.68. The van der Waals surface area contributed by atoms with E-state index in [-0.39, 0.29) is 48.2 Å². The summed E-state index contributed by atoms with van der Waals surface area (Å²) < 4.78 is 6.04. The van der Waals surface area contributed by atoms with E-state index in [1.165, 1.54) is 11.3 Å². The summed E-state index contributed by atoms with van der Waals surface area (Å²) in [5.74, 6) is -0.134. The first-order valence-corrected chi connectivity index (χ1v) is 6.99. The minimum Gasteiger partial charge on any atom is -1.00 e. The van der Waals surface area contributed by atoms with Crippen molar-refractivity contribution in [1.29, 1.82) is 0 Å². The lowest BCUT2D eigenvalue weighted by atomic mass is 10.0. The Morgan fingerprint density at radius 1 is 1.50 bits per heavy atom. The molecule has 0 radical (unpaired) electrons. The second-order valence-corrected chi connectivity index (χ2v) is 6.90. The second kappa shape index (κ2) is 6.40. The Morgan fingerprint density at radius 2 is 2.15 bits per heavy atom. The van der Waals surface area contributed by atoms with E-state index in [1.54, 1.807) is 6.07 Å². The SMILES string of the molecule is CC(C[N+](C)(C)C)C(=O)c1cc2c(s1)OCC(=O)N2.[I-]. The Kier molecular flexibility index (Phi) is 5.56. The van der Waals surface area contributed by atoms with Crippen molar-refractivity contribution in [2.24, 2.45) is 5.92 Å². The molecule has 0 saturated carbocycles. The minimum atomic E-state index is -0.177. The number of halogens is 1. The molecule has 2 rings (SSSR count). The maximum absolute atomic E-state index is 12.4. The van der Waals surface area contributed by atoms with Gasteiger partial charge in [0, 0.05) is 0 Å². The number of hydrogen-bond donors (Lipinski definition) is 1. The number of ketones is 1. The third kappa shape index (κ3) is 4.16. The molecule has 0 saturated heterocycles. The largest absolute Gasteiger partial charge is 1.00 e. The number of carbonyl (C=O) groups is 2. The predicted molar refractivity (Wildman–Crippen MR) is 74.8 cm³/mol. The first-order chi connectivity index (χ1) is 8.76. The molecule has 112 valence electrons. The number of Topliss-reactive ketones (excluding diaryl/α,β-unsaturated/α-hetero) is 1. The number of quaternary nitrogens is 1. The molecule has 0 aliphatic carbocycles. The molecule has 0 aromatic carbocycles. The molecule has 0 fully saturated rings. The molecule has 1 N–H and O–H groups in total. The second-order valence-electron chi connectivity index (χ2n) is 5.89. The summed E-state index contributed by atoms with van der Waals surface area (Å²) in [5, 5.41) is 3.34. The van der Waals surface area contributed by atoms with Crippen LogP contribution in [-0.4, -0.2) is 50.5 Å². The van der Waals surface area contributed by atoms with Gasteiger partial charge in [-0.1, -0.05) is 11.3 Å². The van der Waals surface area contributed by atoms with Gasteiger partial charge in [0.1, 0.15) is 0 Å². The lowest BCUT2D eigenvalue weighted by Crippen LogP contribution is -3.00. The van der Waals surface area contributed by atoms with Gasteiger partial charge in [-0.3, -0.25) is 9.59 Å². The number of nitrogens with zero attached hydrogens (tertiary/aromatic N) is 1. The summed E-state index contributed by atoms with van der Waals surface area (Å²) in [5.41, 5.74) is 0.613. The van der Waals surface area contributed by atoms with Gasteiger partial charge in [-0.15, -0.1) is 0 Å². The normalized spacial score (nSPS) is 15.5. The van der Waals surface area contributed by atoms with Gasteiger partial charge in [0.2, 0.25) is 0 Å². The van der Waals surface area contributed by atoms with Crippen LogP contribution in [0.5, 0.6) is 5.06 Å².